The van der Waals surface area contributed by atoms with Gasteiger partial charge in [0, 0.05) is 23.8 Å². The molecular weight excluding hydrogens is 296 g/mol. The third-order valence-electron chi connectivity index (χ3n) is 3.93. The number of nitrogens with one attached hydrogen (secondary N) is 1. The minimum absolute atomic E-state index is 0.255. The third-order valence-corrected chi connectivity index (χ3v) is 3.93. The van der Waals surface area contributed by atoms with Crippen molar-refractivity contribution >= 4 is 16.8 Å². The average Bonchev–Trinajstić information content (AvgIpc) is 3.20. The van der Waals surface area contributed by atoms with Crippen LogP contribution in [-0.2, 0) is 6.54 Å². The molecule has 6 heteroatoms. The van der Waals surface area contributed by atoms with Gasteiger partial charge in [-0.05, 0) is 41.3 Å². The van der Waals surface area contributed by atoms with Crippen molar-refractivity contribution in [1.29, 1.82) is 0 Å². The monoisotopic (exact) mass is 310 g/mol. The fourth-order valence-electron chi connectivity index (χ4n) is 2.76. The molecule has 116 valence electrons. The van der Waals surface area contributed by atoms with Crippen LogP contribution in [0, 0.1) is 0 Å². The lowest BCUT2D eigenvalue weighted by molar-refractivity contribution is 0.0706. The Morgan fingerprint density at radius 1 is 1.13 bits per heavy atom. The van der Waals surface area contributed by atoms with Gasteiger partial charge in [0.15, 0.2) is 11.5 Å². The molecule has 4 rings (SSSR count). The fraction of sp³-hybridized carbons (Fsp3) is 0.118. The minimum atomic E-state index is -0.525. The molecule has 0 radical (unpaired) electrons. The summed E-state index contributed by atoms with van der Waals surface area (Å²) in [6.45, 7) is 0.898. The summed E-state index contributed by atoms with van der Waals surface area (Å²) in [6, 6.07) is 13.1. The number of hydrogen-bond donors (Lipinski definition) is 2. The molecule has 6 nitrogen and oxygen atoms in total. The van der Waals surface area contributed by atoms with Crippen LogP contribution >= 0.6 is 0 Å². The number of nitrogens with zero attached hydrogens (tertiary/aromatic N) is 1. The molecule has 0 aliphatic carbocycles. The van der Waals surface area contributed by atoms with E-state index >= 15 is 0 Å². The smallest absolute Gasteiger partial charge is 0.274 e. The molecular formula is C17H14N2O4. The Balaban J connectivity index is 1.69. The van der Waals surface area contributed by atoms with Crippen LogP contribution < -0.4 is 15.0 Å². The zero-order chi connectivity index (χ0) is 15.8. The molecule has 1 aliphatic rings. The highest BCUT2D eigenvalue weighted by molar-refractivity contribution is 5.97. The summed E-state index contributed by atoms with van der Waals surface area (Å²) in [7, 11) is 0. The van der Waals surface area contributed by atoms with E-state index in [4.69, 9.17) is 14.7 Å². The van der Waals surface area contributed by atoms with E-state index in [9.17, 15) is 4.79 Å². The van der Waals surface area contributed by atoms with Crippen LogP contribution in [0.5, 0.6) is 11.5 Å². The molecule has 0 bridgehead atoms. The molecule has 0 spiro atoms. The highest BCUT2D eigenvalue weighted by Crippen LogP contribution is 2.33. The summed E-state index contributed by atoms with van der Waals surface area (Å²) < 4.78 is 12.8. The largest absolute Gasteiger partial charge is 0.454 e. The lowest BCUT2D eigenvalue weighted by Crippen LogP contribution is -2.18. The summed E-state index contributed by atoms with van der Waals surface area (Å²) in [5.74, 6) is 0.982. The summed E-state index contributed by atoms with van der Waals surface area (Å²) >= 11 is 0. The second-order valence-corrected chi connectivity index (χ2v) is 5.35. The van der Waals surface area contributed by atoms with Gasteiger partial charge < -0.3 is 14.0 Å². The number of carbonyl (C=O) groups is 1. The number of ether oxygens (including phenoxy) is 2. The molecule has 2 heterocycles. The van der Waals surface area contributed by atoms with Crippen LogP contribution in [-0.4, -0.2) is 22.5 Å². The standard InChI is InChI=1S/C17H14N2O4/c20-17(18-21)13-3-2-12-5-6-19(14(12)8-13)9-11-1-4-15-16(7-11)23-10-22-15/h1-8,21H,9-10H2,(H,18,20). The summed E-state index contributed by atoms with van der Waals surface area (Å²) in [5.41, 5.74) is 4.06. The molecule has 1 aromatic heterocycles. The highest BCUT2D eigenvalue weighted by atomic mass is 16.7. The average molecular weight is 310 g/mol. The normalized spacial score (nSPS) is 12.6. The first kappa shape index (κ1) is 13.7. The molecule has 0 atom stereocenters. The zero-order valence-electron chi connectivity index (χ0n) is 12.2. The predicted molar refractivity (Wildman–Crippen MR) is 82.9 cm³/mol. The van der Waals surface area contributed by atoms with Crippen molar-refractivity contribution in [3.63, 3.8) is 0 Å². The Hall–Kier alpha value is -2.99. The number of rotatable bonds is 3. The van der Waals surface area contributed by atoms with Crippen LogP contribution in [0.1, 0.15) is 15.9 Å². The molecule has 1 aliphatic heterocycles. The molecule has 23 heavy (non-hydrogen) atoms. The van der Waals surface area contributed by atoms with Crippen molar-refractivity contribution in [1.82, 2.24) is 10.0 Å². The number of fused-ring (bicyclic) bond motifs is 2. The highest BCUT2D eigenvalue weighted by Gasteiger charge is 2.14. The summed E-state index contributed by atoms with van der Waals surface area (Å²) in [6.07, 6.45) is 1.97. The maximum atomic E-state index is 11.6. The SMILES string of the molecule is O=C(NO)c1ccc2ccn(Cc3ccc4c(c3)OCO4)c2c1. The summed E-state index contributed by atoms with van der Waals surface area (Å²) in [5, 5.41) is 9.80. The molecule has 0 unspecified atom stereocenters. The second-order valence-electron chi connectivity index (χ2n) is 5.35. The maximum Gasteiger partial charge on any atom is 0.274 e. The van der Waals surface area contributed by atoms with E-state index in [0.717, 1.165) is 28.0 Å². The zero-order valence-corrected chi connectivity index (χ0v) is 12.2. The van der Waals surface area contributed by atoms with Crippen molar-refractivity contribution in [2.24, 2.45) is 0 Å². The van der Waals surface area contributed by atoms with Crippen LogP contribution in [0.2, 0.25) is 0 Å². The van der Waals surface area contributed by atoms with Crippen LogP contribution in [0.4, 0.5) is 0 Å². The topological polar surface area (TPSA) is 72.7 Å². The van der Waals surface area contributed by atoms with E-state index in [-0.39, 0.29) is 6.79 Å². The Kier molecular flexibility index (Phi) is 3.17. The summed E-state index contributed by atoms with van der Waals surface area (Å²) in [4.78, 5) is 11.6. The number of aromatic nitrogens is 1. The van der Waals surface area contributed by atoms with E-state index in [1.165, 1.54) is 0 Å². The second kappa shape index (κ2) is 5.33. The number of carbonyl (C=O) groups excluding carboxylic acids is 1. The molecule has 0 fully saturated rings. The van der Waals surface area contributed by atoms with Gasteiger partial charge in [-0.2, -0.15) is 0 Å². The first-order valence-electron chi connectivity index (χ1n) is 7.16. The number of amides is 1. The van der Waals surface area contributed by atoms with Gasteiger partial charge in [-0.1, -0.05) is 12.1 Å². The molecule has 3 aromatic rings. The van der Waals surface area contributed by atoms with Gasteiger partial charge in [0.2, 0.25) is 6.79 Å². The number of hydroxylamine groups is 1. The van der Waals surface area contributed by atoms with Crippen molar-refractivity contribution in [2.45, 2.75) is 6.54 Å². The van der Waals surface area contributed by atoms with Crippen LogP contribution in [0.15, 0.2) is 48.7 Å². The van der Waals surface area contributed by atoms with E-state index < -0.39 is 5.91 Å². The van der Waals surface area contributed by atoms with E-state index in [1.54, 1.807) is 17.6 Å². The van der Waals surface area contributed by atoms with E-state index in [1.807, 2.05) is 41.1 Å². The van der Waals surface area contributed by atoms with Crippen LogP contribution in [0.3, 0.4) is 0 Å². The van der Waals surface area contributed by atoms with Gasteiger partial charge in [0.25, 0.3) is 5.91 Å². The molecule has 0 saturated carbocycles. The van der Waals surface area contributed by atoms with Gasteiger partial charge in [-0.25, -0.2) is 5.48 Å². The predicted octanol–water partition coefficient (Wildman–Crippen LogP) is 2.54. The van der Waals surface area contributed by atoms with E-state index in [0.29, 0.717) is 12.1 Å². The Morgan fingerprint density at radius 3 is 2.87 bits per heavy atom. The van der Waals surface area contributed by atoms with Crippen molar-refractivity contribution in [3.05, 3.63) is 59.8 Å². The van der Waals surface area contributed by atoms with Crippen LogP contribution in [0.25, 0.3) is 10.9 Å². The van der Waals surface area contributed by atoms with Gasteiger partial charge >= 0.3 is 0 Å². The molecule has 2 aromatic carbocycles. The van der Waals surface area contributed by atoms with Gasteiger partial charge in [0.1, 0.15) is 0 Å². The van der Waals surface area contributed by atoms with Gasteiger partial charge in [-0.15, -0.1) is 0 Å². The van der Waals surface area contributed by atoms with Gasteiger partial charge in [-0.3, -0.25) is 10.0 Å². The first-order chi connectivity index (χ1) is 11.2. The van der Waals surface area contributed by atoms with Gasteiger partial charge in [0.05, 0.1) is 0 Å². The van der Waals surface area contributed by atoms with Crippen molar-refractivity contribution < 1.29 is 19.5 Å². The molecule has 1 amide bonds. The number of benzene rings is 2. The lowest BCUT2D eigenvalue weighted by Gasteiger charge is -2.08. The Morgan fingerprint density at radius 2 is 2.00 bits per heavy atom. The molecule has 2 N–H and O–H groups in total. The number of hydrogen-bond acceptors (Lipinski definition) is 4. The first-order valence-corrected chi connectivity index (χ1v) is 7.16. The van der Waals surface area contributed by atoms with E-state index in [2.05, 4.69) is 0 Å². The lowest BCUT2D eigenvalue weighted by atomic mass is 10.1. The molecule has 0 saturated heterocycles. The quantitative estimate of drug-likeness (QED) is 0.576. The Labute approximate surface area is 131 Å². The third kappa shape index (κ3) is 2.39. The minimum Gasteiger partial charge on any atom is -0.454 e. The fourth-order valence-corrected chi connectivity index (χ4v) is 2.76. The Bertz CT molecular complexity index is 901. The van der Waals surface area contributed by atoms with Crippen molar-refractivity contribution in [2.75, 3.05) is 6.79 Å². The van der Waals surface area contributed by atoms with Crippen molar-refractivity contribution in [3.8, 4) is 11.5 Å². The maximum absolute atomic E-state index is 11.6.